The molecule has 0 aromatic heterocycles. The van der Waals surface area contributed by atoms with E-state index in [1.165, 1.54) is 7.11 Å². The van der Waals surface area contributed by atoms with Crippen molar-refractivity contribution in [2.24, 2.45) is 16.5 Å². The Kier molecular flexibility index (Phi) is 6.84. The molecule has 0 spiro atoms. The number of methoxy groups -OCH3 is 1. The highest BCUT2D eigenvalue weighted by molar-refractivity contribution is 6.27. The zero-order valence-corrected chi connectivity index (χ0v) is 16.8. The summed E-state index contributed by atoms with van der Waals surface area (Å²) in [5.74, 6) is -1.45. The molecule has 0 N–H and O–H groups in total. The van der Waals surface area contributed by atoms with Crippen LogP contribution in [0.1, 0.15) is 59.8 Å². The Labute approximate surface area is 156 Å². The first-order chi connectivity index (χ1) is 12.4. The fourth-order valence-corrected chi connectivity index (χ4v) is 3.97. The van der Waals surface area contributed by atoms with Crippen LogP contribution in [0.4, 0.5) is 0 Å². The van der Waals surface area contributed by atoms with E-state index in [0.29, 0.717) is 30.7 Å². The SMILES string of the molecule is CCC/C(=N/OCC)C1=C(N2CCCC2)CC(C)(C)[C@@H](C(=O)OC)C1=O. The van der Waals surface area contributed by atoms with Crippen LogP contribution in [0.3, 0.4) is 0 Å². The zero-order valence-electron chi connectivity index (χ0n) is 16.8. The molecule has 2 aliphatic rings. The van der Waals surface area contributed by atoms with Gasteiger partial charge in [0.15, 0.2) is 5.78 Å². The van der Waals surface area contributed by atoms with Gasteiger partial charge in [-0.15, -0.1) is 0 Å². The number of likely N-dealkylation sites (tertiary alicyclic amines) is 1. The van der Waals surface area contributed by atoms with Gasteiger partial charge in [0.25, 0.3) is 0 Å². The molecule has 26 heavy (non-hydrogen) atoms. The monoisotopic (exact) mass is 364 g/mol. The van der Waals surface area contributed by atoms with Crippen LogP contribution in [0.5, 0.6) is 0 Å². The summed E-state index contributed by atoms with van der Waals surface area (Å²) in [6.45, 7) is 10.2. The molecule has 0 radical (unpaired) electrons. The molecule has 1 aliphatic carbocycles. The number of Topliss-reactive ketones (excluding diaryl/α,β-unsaturated/α-hetero) is 1. The van der Waals surface area contributed by atoms with Gasteiger partial charge >= 0.3 is 5.97 Å². The average molecular weight is 364 g/mol. The third kappa shape index (κ3) is 4.10. The minimum atomic E-state index is -0.808. The smallest absolute Gasteiger partial charge is 0.317 e. The minimum absolute atomic E-state index is 0.179. The number of rotatable bonds is 7. The third-order valence-corrected chi connectivity index (χ3v) is 5.21. The lowest BCUT2D eigenvalue weighted by Gasteiger charge is -2.41. The molecule has 1 aliphatic heterocycles. The highest BCUT2D eigenvalue weighted by Crippen LogP contribution is 2.44. The number of hydrogen-bond donors (Lipinski definition) is 0. The quantitative estimate of drug-likeness (QED) is 0.300. The van der Waals surface area contributed by atoms with Gasteiger partial charge in [0.1, 0.15) is 12.5 Å². The number of hydrogen-bond acceptors (Lipinski definition) is 6. The van der Waals surface area contributed by atoms with E-state index in [4.69, 9.17) is 9.57 Å². The Morgan fingerprint density at radius 2 is 1.92 bits per heavy atom. The summed E-state index contributed by atoms with van der Waals surface area (Å²) in [5, 5.41) is 4.25. The molecule has 0 saturated carbocycles. The number of carbonyl (C=O) groups is 2. The van der Waals surface area contributed by atoms with Crippen LogP contribution in [0.2, 0.25) is 0 Å². The number of carbonyl (C=O) groups excluding carboxylic acids is 2. The van der Waals surface area contributed by atoms with E-state index in [1.807, 2.05) is 27.7 Å². The van der Waals surface area contributed by atoms with Crippen molar-refractivity contribution in [3.05, 3.63) is 11.3 Å². The molecular formula is C20H32N2O4. The number of ketones is 1. The van der Waals surface area contributed by atoms with Gasteiger partial charge in [-0.2, -0.15) is 0 Å². The Morgan fingerprint density at radius 1 is 1.27 bits per heavy atom. The molecule has 6 heteroatoms. The average Bonchev–Trinajstić information content (AvgIpc) is 3.12. The predicted molar refractivity (Wildman–Crippen MR) is 101 cm³/mol. The van der Waals surface area contributed by atoms with Crippen molar-refractivity contribution in [3.63, 3.8) is 0 Å². The summed E-state index contributed by atoms with van der Waals surface area (Å²) in [6, 6.07) is 0. The largest absolute Gasteiger partial charge is 0.468 e. The maximum Gasteiger partial charge on any atom is 0.317 e. The van der Waals surface area contributed by atoms with Gasteiger partial charge in [0.05, 0.1) is 18.4 Å². The molecule has 1 heterocycles. The first-order valence-corrected chi connectivity index (χ1v) is 9.66. The van der Waals surface area contributed by atoms with E-state index < -0.39 is 17.3 Å². The topological polar surface area (TPSA) is 68.2 Å². The van der Waals surface area contributed by atoms with Crippen molar-refractivity contribution < 1.29 is 19.2 Å². The Morgan fingerprint density at radius 3 is 2.46 bits per heavy atom. The van der Waals surface area contributed by atoms with Gasteiger partial charge in [-0.3, -0.25) is 9.59 Å². The van der Waals surface area contributed by atoms with Crippen LogP contribution in [-0.4, -0.2) is 49.2 Å². The van der Waals surface area contributed by atoms with Gasteiger partial charge in [0.2, 0.25) is 0 Å². The van der Waals surface area contributed by atoms with Crippen LogP contribution in [0.25, 0.3) is 0 Å². The Hall–Kier alpha value is -1.85. The molecule has 146 valence electrons. The maximum atomic E-state index is 13.5. The van der Waals surface area contributed by atoms with Crippen molar-refractivity contribution in [2.45, 2.75) is 59.8 Å². The highest BCUT2D eigenvalue weighted by Gasteiger charge is 2.49. The summed E-state index contributed by atoms with van der Waals surface area (Å²) < 4.78 is 4.96. The van der Waals surface area contributed by atoms with Crippen LogP contribution >= 0.6 is 0 Å². The predicted octanol–water partition coefficient (Wildman–Crippen LogP) is 3.32. The summed E-state index contributed by atoms with van der Waals surface area (Å²) >= 11 is 0. The van der Waals surface area contributed by atoms with E-state index >= 15 is 0 Å². The fraction of sp³-hybridized carbons (Fsp3) is 0.750. The van der Waals surface area contributed by atoms with Crippen LogP contribution in [0.15, 0.2) is 16.4 Å². The third-order valence-electron chi connectivity index (χ3n) is 5.21. The van der Waals surface area contributed by atoms with E-state index in [2.05, 4.69) is 10.1 Å². The number of nitrogens with zero attached hydrogens (tertiary/aromatic N) is 2. The molecule has 1 saturated heterocycles. The van der Waals surface area contributed by atoms with Gasteiger partial charge in [-0.1, -0.05) is 32.3 Å². The van der Waals surface area contributed by atoms with Gasteiger partial charge in [-0.05, 0) is 38.0 Å². The van der Waals surface area contributed by atoms with Gasteiger partial charge in [-0.25, -0.2) is 0 Å². The van der Waals surface area contributed by atoms with Gasteiger partial charge in [0, 0.05) is 18.8 Å². The molecule has 0 bridgehead atoms. The molecular weight excluding hydrogens is 332 g/mol. The standard InChI is InChI=1S/C20H32N2O4/c1-6-10-14(21-26-7-2)16-15(22-11-8-9-12-22)13-20(3,4)17(18(16)23)19(24)25-5/h17H,6-13H2,1-5H3/b21-14-/t17-/m1/s1. The summed E-state index contributed by atoms with van der Waals surface area (Å²) in [7, 11) is 1.34. The molecule has 0 unspecified atom stereocenters. The van der Waals surface area contributed by atoms with Crippen molar-refractivity contribution in [3.8, 4) is 0 Å². The summed E-state index contributed by atoms with van der Waals surface area (Å²) in [4.78, 5) is 33.5. The van der Waals surface area contributed by atoms with Crippen molar-refractivity contribution in [1.29, 1.82) is 0 Å². The van der Waals surface area contributed by atoms with Crippen molar-refractivity contribution in [2.75, 3.05) is 26.8 Å². The first-order valence-electron chi connectivity index (χ1n) is 9.66. The minimum Gasteiger partial charge on any atom is -0.468 e. The summed E-state index contributed by atoms with van der Waals surface area (Å²) in [6.07, 6.45) is 4.40. The van der Waals surface area contributed by atoms with E-state index in [0.717, 1.165) is 38.0 Å². The van der Waals surface area contributed by atoms with E-state index in [1.54, 1.807) is 0 Å². The number of ether oxygens (including phenoxy) is 1. The lowest BCUT2D eigenvalue weighted by atomic mass is 9.66. The van der Waals surface area contributed by atoms with E-state index in [-0.39, 0.29) is 5.78 Å². The Balaban J connectivity index is 2.59. The van der Waals surface area contributed by atoms with Crippen LogP contribution < -0.4 is 0 Å². The number of allylic oxidation sites excluding steroid dienone is 2. The zero-order chi connectivity index (χ0) is 19.3. The molecule has 1 fully saturated rings. The number of esters is 1. The lowest BCUT2D eigenvalue weighted by molar-refractivity contribution is -0.153. The second-order valence-corrected chi connectivity index (χ2v) is 7.71. The first kappa shape index (κ1) is 20.5. The molecule has 2 rings (SSSR count). The molecule has 1 atom stereocenters. The molecule has 6 nitrogen and oxygen atoms in total. The van der Waals surface area contributed by atoms with Crippen LogP contribution in [0, 0.1) is 11.3 Å². The summed E-state index contributed by atoms with van der Waals surface area (Å²) in [5.41, 5.74) is 1.77. The van der Waals surface area contributed by atoms with Crippen molar-refractivity contribution in [1.82, 2.24) is 4.90 Å². The van der Waals surface area contributed by atoms with Gasteiger partial charge < -0.3 is 14.5 Å². The highest BCUT2D eigenvalue weighted by atomic mass is 16.6. The normalized spacial score (nSPS) is 23.4. The lowest BCUT2D eigenvalue weighted by Crippen LogP contribution is -2.46. The Bertz CT molecular complexity index is 601. The van der Waals surface area contributed by atoms with Crippen LogP contribution in [-0.2, 0) is 19.2 Å². The molecule has 0 amide bonds. The number of oxime groups is 1. The second-order valence-electron chi connectivity index (χ2n) is 7.71. The fourth-order valence-electron chi connectivity index (χ4n) is 3.97. The van der Waals surface area contributed by atoms with Crippen molar-refractivity contribution >= 4 is 17.5 Å². The second kappa shape index (κ2) is 8.69. The molecule has 0 aromatic carbocycles. The maximum absolute atomic E-state index is 13.5. The van der Waals surface area contributed by atoms with E-state index in [9.17, 15) is 9.59 Å². The molecule has 0 aromatic rings.